The number of pyridine rings is 6. The Morgan fingerprint density at radius 3 is 1.22 bits per heavy atom. The summed E-state index contributed by atoms with van der Waals surface area (Å²) in [5.74, 6) is -1.89. The number of carbonyl (C=O) groups is 7. The van der Waals surface area contributed by atoms with Gasteiger partial charge in [-0.15, -0.1) is 0 Å². The lowest BCUT2D eigenvalue weighted by Gasteiger charge is -2.23. The minimum Gasteiger partial charge on any atom is -0.377 e. The molecule has 0 bridgehead atoms. The highest BCUT2D eigenvalue weighted by Gasteiger charge is 2.54. The highest BCUT2D eigenvalue weighted by atomic mass is 16.3. The highest BCUT2D eigenvalue weighted by Crippen LogP contribution is 2.50. The van der Waals surface area contributed by atoms with E-state index in [-0.39, 0.29) is 76.6 Å². The molecule has 9 atom stereocenters. The van der Waals surface area contributed by atoms with Gasteiger partial charge in [-0.25, -0.2) is 0 Å². The number of amides is 3. The highest BCUT2D eigenvalue weighted by molar-refractivity contribution is 6.09. The van der Waals surface area contributed by atoms with Crippen LogP contribution in [0.4, 0.5) is 11.4 Å². The van der Waals surface area contributed by atoms with E-state index < -0.39 is 28.0 Å². The molecule has 2 aliphatic heterocycles. The topological polar surface area (TPSA) is 316 Å². The first-order valence-corrected chi connectivity index (χ1v) is 49.1. The summed E-state index contributed by atoms with van der Waals surface area (Å²) in [7, 11) is 0. The van der Waals surface area contributed by atoms with Gasteiger partial charge in [0.25, 0.3) is 11.8 Å². The first kappa shape index (κ1) is 104. The van der Waals surface area contributed by atoms with Gasteiger partial charge in [-0.1, -0.05) is 282 Å². The molecule has 0 fully saturated rings. The second-order valence-corrected chi connectivity index (χ2v) is 35.8. The van der Waals surface area contributed by atoms with Crippen LogP contribution in [0.2, 0.25) is 0 Å². The van der Waals surface area contributed by atoms with E-state index in [0.29, 0.717) is 74.1 Å². The van der Waals surface area contributed by atoms with Crippen molar-refractivity contribution in [2.24, 2.45) is 0 Å². The Hall–Kier alpha value is -13.4. The Morgan fingerprint density at radius 2 is 0.746 bits per heavy atom. The molecule has 716 valence electrons. The quantitative estimate of drug-likeness (QED) is 0.0199. The third-order valence-corrected chi connectivity index (χ3v) is 26.3. The summed E-state index contributed by atoms with van der Waals surface area (Å²) in [5.41, 5.74) is 5.75. The van der Waals surface area contributed by atoms with Crippen LogP contribution in [0.5, 0.6) is 0 Å². The zero-order valence-corrected chi connectivity index (χ0v) is 80.3. The summed E-state index contributed by atoms with van der Waals surface area (Å²) in [6.07, 6.45) is 34.3. The standard InChI is InChI=1S/C20H21NO3.C20H23NO2.C20H21NO2.C19H22N2O2.C19H20N2O2.C19H24N2O/c1-2-3-8-15-14-9-4-5-10-16(14)20(24,19(15)23)13-18(22)17-11-6-7-12-21-17;2*1-2-3-9-17-16-10-4-5-11-18(16)20(23,19(17)22)13-12-15-8-6-7-14-21-15;2*1-2-3-14-21-17-10-5-4-9-16(17)19(23,18(21)22)12-11-15-8-6-7-13-20-15;1-2-3-12-18(16-9-5-4-6-10-16)19(22)21-15-13-17-11-7-8-14-20-17/h4-7,9-12,15,24H,2-3,8,13H2,1H3;4-8,10-11,14,17,23H,2-3,9,12-13H2,1H3;4-8,10-14,17,23H,2-3,9H2,1H3;4-10,13,23H,2-3,11-12,14H2,1H3;4-13,23H,2-3,14H2,1H3;4-11,14,18H,2-3,12-13,15H2,1H3,(H,21,22)/b;;13-12+;;12-11+;. The molecular formula is C117H131N9O12. The van der Waals surface area contributed by atoms with Crippen molar-refractivity contribution in [3.05, 3.63) is 394 Å². The summed E-state index contributed by atoms with van der Waals surface area (Å²) in [6.45, 7) is 14.5. The molecular weight excluding hydrogens is 1720 g/mol. The van der Waals surface area contributed by atoms with Crippen molar-refractivity contribution in [1.82, 2.24) is 35.2 Å². The predicted molar refractivity (Wildman–Crippen MR) is 543 cm³/mol. The van der Waals surface area contributed by atoms with Crippen LogP contribution in [0.3, 0.4) is 0 Å². The first-order chi connectivity index (χ1) is 67.0. The normalized spacial score (nSPS) is 20.2. The number of aromatic nitrogens is 6. The van der Waals surface area contributed by atoms with Gasteiger partial charge in [-0.05, 0) is 212 Å². The van der Waals surface area contributed by atoms with E-state index >= 15 is 0 Å². The molecule has 8 heterocycles. The SMILES string of the molecule is CCCCC(C(=O)NCCc1ccccn1)c1ccccc1.CCCCC1C(=O)C(O)(/C=C/c2ccccn2)c2ccccc21.CCCCC1C(=O)C(O)(CC(=O)c2ccccn2)c2ccccc21.CCCCC1C(=O)C(O)(CCc2ccccn2)c2ccccc21.CCCCN1C(=O)C(O)(/C=C/c2ccccn2)c2ccccc21.CCCCN1C(=O)C(O)(CCc2ccccn2)c2ccccc21. The molecule has 0 radical (unpaired) electrons. The Bertz CT molecular complexity index is 5770. The molecule has 0 spiro atoms. The van der Waals surface area contributed by atoms with E-state index in [4.69, 9.17) is 0 Å². The Labute approximate surface area is 812 Å². The van der Waals surface area contributed by atoms with Crippen LogP contribution in [-0.2, 0) is 76.0 Å². The van der Waals surface area contributed by atoms with E-state index in [2.05, 4.69) is 76.8 Å². The fourth-order valence-corrected chi connectivity index (χ4v) is 18.8. The maximum Gasteiger partial charge on any atom is 0.267 e. The zero-order valence-electron chi connectivity index (χ0n) is 80.3. The van der Waals surface area contributed by atoms with Gasteiger partial charge in [0, 0.05) is 109 Å². The van der Waals surface area contributed by atoms with Gasteiger partial charge in [-0.3, -0.25) is 63.5 Å². The van der Waals surface area contributed by atoms with Crippen LogP contribution in [0.1, 0.15) is 276 Å². The summed E-state index contributed by atoms with van der Waals surface area (Å²) in [4.78, 5) is 118. The second-order valence-electron chi connectivity index (χ2n) is 35.8. The van der Waals surface area contributed by atoms with E-state index in [9.17, 15) is 59.1 Å². The molecule has 0 saturated carbocycles. The summed E-state index contributed by atoms with van der Waals surface area (Å²) in [5, 5.41) is 58.6. The van der Waals surface area contributed by atoms with Crippen LogP contribution in [0, 0.1) is 0 Å². The number of hydrogen-bond donors (Lipinski definition) is 6. The summed E-state index contributed by atoms with van der Waals surface area (Å²) < 4.78 is 0. The average molecular weight is 1860 g/mol. The van der Waals surface area contributed by atoms with E-state index in [1.54, 1.807) is 95.4 Å². The van der Waals surface area contributed by atoms with Crippen molar-refractivity contribution in [2.75, 3.05) is 29.4 Å². The lowest BCUT2D eigenvalue weighted by Crippen LogP contribution is -2.41. The van der Waals surface area contributed by atoms with Crippen molar-refractivity contribution in [3.8, 4) is 0 Å². The van der Waals surface area contributed by atoms with Crippen LogP contribution >= 0.6 is 0 Å². The predicted octanol–water partition coefficient (Wildman–Crippen LogP) is 20.9. The van der Waals surface area contributed by atoms with Gasteiger partial charge in [-0.2, -0.15) is 0 Å². The van der Waals surface area contributed by atoms with Crippen LogP contribution < -0.4 is 15.1 Å². The lowest BCUT2D eigenvalue weighted by molar-refractivity contribution is -0.138. The number of unbranched alkanes of at least 4 members (excludes halogenated alkanes) is 6. The number of aliphatic hydroxyl groups is 5. The number of para-hydroxylation sites is 2. The van der Waals surface area contributed by atoms with Gasteiger partial charge in [0.1, 0.15) is 11.3 Å². The van der Waals surface area contributed by atoms with Crippen LogP contribution in [0.25, 0.3) is 12.2 Å². The maximum atomic E-state index is 12.9. The molecule has 6 aromatic carbocycles. The largest absolute Gasteiger partial charge is 0.377 e. The minimum atomic E-state index is -1.75. The molecule has 17 rings (SSSR count). The molecule has 0 saturated heterocycles. The number of rotatable bonds is 36. The van der Waals surface area contributed by atoms with Gasteiger partial charge in [0.2, 0.25) is 5.91 Å². The number of hydrogen-bond acceptors (Lipinski definition) is 18. The summed E-state index contributed by atoms with van der Waals surface area (Å²) >= 11 is 0. The second kappa shape index (κ2) is 50.6. The number of fused-ring (bicyclic) bond motifs is 5. The van der Waals surface area contributed by atoms with Gasteiger partial charge < -0.3 is 40.6 Å². The van der Waals surface area contributed by atoms with E-state index in [1.165, 1.54) is 6.20 Å². The van der Waals surface area contributed by atoms with E-state index in [1.807, 2.05) is 231 Å². The zero-order chi connectivity index (χ0) is 97.9. The number of nitrogens with zero attached hydrogens (tertiary/aromatic N) is 8. The number of anilines is 2. The molecule has 9 unspecified atom stereocenters. The van der Waals surface area contributed by atoms with Crippen molar-refractivity contribution >= 4 is 64.4 Å². The van der Waals surface area contributed by atoms with Gasteiger partial charge >= 0.3 is 0 Å². The number of benzene rings is 6. The van der Waals surface area contributed by atoms with Crippen LogP contribution in [-0.4, -0.2) is 116 Å². The summed E-state index contributed by atoms with van der Waals surface area (Å²) in [6, 6.07) is 81.1. The average Bonchev–Trinajstić information content (AvgIpc) is 1.58. The fraction of sp³-hybridized carbons (Fsp3) is 0.342. The van der Waals surface area contributed by atoms with Crippen molar-refractivity contribution < 1.29 is 59.1 Å². The molecule has 138 heavy (non-hydrogen) atoms. The number of carbonyl (C=O) groups excluding carboxylic acids is 7. The molecule has 3 amide bonds. The van der Waals surface area contributed by atoms with Gasteiger partial charge in [0.15, 0.2) is 45.5 Å². The molecule has 21 heteroatoms. The van der Waals surface area contributed by atoms with E-state index in [0.717, 1.165) is 170 Å². The number of aryl methyl sites for hydroxylation is 2. The number of Topliss-reactive ketones (excluding diaryl/α,β-unsaturated/α-hetero) is 4. The maximum absolute atomic E-state index is 12.9. The Morgan fingerprint density at radius 1 is 0.362 bits per heavy atom. The fourth-order valence-electron chi connectivity index (χ4n) is 18.8. The minimum absolute atomic E-state index is 0.0388. The van der Waals surface area contributed by atoms with Crippen molar-refractivity contribution in [1.29, 1.82) is 0 Å². The third-order valence-electron chi connectivity index (χ3n) is 26.3. The molecule has 12 aromatic rings. The van der Waals surface area contributed by atoms with Crippen molar-refractivity contribution in [3.63, 3.8) is 0 Å². The molecule has 5 aliphatic rings. The first-order valence-electron chi connectivity index (χ1n) is 49.1. The van der Waals surface area contributed by atoms with Crippen molar-refractivity contribution in [2.45, 2.75) is 234 Å². The molecule has 6 N–H and O–H groups in total. The third kappa shape index (κ3) is 25.1. The number of ketones is 4. The monoisotopic (exact) mass is 1850 g/mol. The molecule has 6 aromatic heterocycles. The Balaban J connectivity index is 0.000000149. The lowest BCUT2D eigenvalue weighted by atomic mass is 9.87. The molecule has 3 aliphatic carbocycles. The smallest absolute Gasteiger partial charge is 0.267 e. The van der Waals surface area contributed by atoms with Gasteiger partial charge in [0.05, 0.1) is 35.1 Å². The van der Waals surface area contributed by atoms with Crippen LogP contribution in [0.15, 0.2) is 310 Å². The number of nitrogens with one attached hydrogen (secondary N) is 1. The molecule has 21 nitrogen and oxygen atoms in total. The Kier molecular flexibility index (Phi) is 38.0.